The quantitative estimate of drug-likeness (QED) is 0.550. The van der Waals surface area contributed by atoms with Crippen molar-refractivity contribution in [3.8, 4) is 0 Å². The second-order valence-electron chi connectivity index (χ2n) is 7.08. The highest BCUT2D eigenvalue weighted by atomic mass is 35.5. The smallest absolute Gasteiger partial charge is 0.287 e. The van der Waals surface area contributed by atoms with E-state index >= 15 is 0 Å². The SMILES string of the molecule is CC(C)C(NC(=O)c1ccco1)C(=O)NC(CN)c1ccc2ccccc2c1.Cl. The fraction of sp³-hybridized carbons (Fsp3) is 0.273. The topological polar surface area (TPSA) is 97.4 Å². The van der Waals surface area contributed by atoms with Gasteiger partial charge in [-0.25, -0.2) is 0 Å². The number of nitrogens with two attached hydrogens (primary N) is 1. The third-order valence-electron chi connectivity index (χ3n) is 4.71. The van der Waals surface area contributed by atoms with Crippen molar-refractivity contribution >= 4 is 35.0 Å². The molecule has 1 heterocycles. The molecule has 0 radical (unpaired) electrons. The van der Waals surface area contributed by atoms with Crippen molar-refractivity contribution in [2.45, 2.75) is 25.9 Å². The lowest BCUT2D eigenvalue weighted by Crippen LogP contribution is -2.51. The summed E-state index contributed by atoms with van der Waals surface area (Å²) in [5.74, 6) is -0.635. The van der Waals surface area contributed by atoms with Gasteiger partial charge in [0.1, 0.15) is 6.04 Å². The van der Waals surface area contributed by atoms with Gasteiger partial charge in [-0.1, -0.05) is 50.2 Å². The first-order chi connectivity index (χ1) is 13.5. The molecule has 154 valence electrons. The molecule has 3 rings (SSSR count). The van der Waals surface area contributed by atoms with Gasteiger partial charge in [0.25, 0.3) is 5.91 Å². The van der Waals surface area contributed by atoms with Gasteiger partial charge in [-0.2, -0.15) is 0 Å². The molecule has 2 amide bonds. The van der Waals surface area contributed by atoms with Gasteiger partial charge in [0.05, 0.1) is 12.3 Å². The third-order valence-corrected chi connectivity index (χ3v) is 4.71. The van der Waals surface area contributed by atoms with Gasteiger partial charge in [-0.05, 0) is 40.5 Å². The van der Waals surface area contributed by atoms with Crippen LogP contribution in [-0.2, 0) is 4.79 Å². The average molecular weight is 416 g/mol. The van der Waals surface area contributed by atoms with E-state index in [0.29, 0.717) is 0 Å². The lowest BCUT2D eigenvalue weighted by atomic mass is 9.99. The van der Waals surface area contributed by atoms with E-state index in [1.165, 1.54) is 6.26 Å². The summed E-state index contributed by atoms with van der Waals surface area (Å²) in [4.78, 5) is 25.2. The number of amides is 2. The Bertz CT molecular complexity index is 957. The number of rotatable bonds is 7. The average Bonchev–Trinajstić information content (AvgIpc) is 3.24. The molecule has 3 aromatic rings. The zero-order chi connectivity index (χ0) is 20.1. The summed E-state index contributed by atoms with van der Waals surface area (Å²) in [6.07, 6.45) is 1.42. The maximum Gasteiger partial charge on any atom is 0.287 e. The molecule has 7 heteroatoms. The largest absolute Gasteiger partial charge is 0.459 e. The minimum absolute atomic E-state index is 0. The molecule has 0 spiro atoms. The molecule has 2 unspecified atom stereocenters. The standard InChI is InChI=1S/C22H25N3O3.ClH/c1-14(2)20(25-21(26)19-8-5-11-28-19)22(27)24-18(13-23)17-10-9-15-6-3-4-7-16(15)12-17;/h3-12,14,18,20H,13,23H2,1-2H3,(H,24,27)(H,25,26);1H. The Morgan fingerprint density at radius 3 is 2.34 bits per heavy atom. The van der Waals surface area contributed by atoms with Crippen LogP contribution >= 0.6 is 12.4 Å². The van der Waals surface area contributed by atoms with Crippen LogP contribution in [0.5, 0.6) is 0 Å². The monoisotopic (exact) mass is 415 g/mol. The van der Waals surface area contributed by atoms with Gasteiger partial charge in [0.15, 0.2) is 5.76 Å². The summed E-state index contributed by atoms with van der Waals surface area (Å²) < 4.78 is 5.10. The molecule has 0 aliphatic rings. The van der Waals surface area contributed by atoms with Crippen LogP contribution in [0.25, 0.3) is 10.8 Å². The molecule has 0 aliphatic heterocycles. The van der Waals surface area contributed by atoms with Gasteiger partial charge >= 0.3 is 0 Å². The molecule has 6 nitrogen and oxygen atoms in total. The minimum Gasteiger partial charge on any atom is -0.459 e. The van der Waals surface area contributed by atoms with E-state index in [2.05, 4.69) is 10.6 Å². The molecule has 0 saturated heterocycles. The molecule has 1 aromatic heterocycles. The van der Waals surface area contributed by atoms with Crippen LogP contribution in [0.4, 0.5) is 0 Å². The van der Waals surface area contributed by atoms with Crippen LogP contribution in [0.2, 0.25) is 0 Å². The van der Waals surface area contributed by atoms with Crippen LogP contribution in [0, 0.1) is 5.92 Å². The Morgan fingerprint density at radius 2 is 1.72 bits per heavy atom. The van der Waals surface area contributed by atoms with E-state index in [1.807, 2.05) is 56.3 Å². The van der Waals surface area contributed by atoms with Gasteiger partial charge in [0, 0.05) is 6.54 Å². The van der Waals surface area contributed by atoms with Gasteiger partial charge in [0.2, 0.25) is 5.91 Å². The molecule has 0 bridgehead atoms. The van der Waals surface area contributed by atoms with E-state index in [9.17, 15) is 9.59 Å². The highest BCUT2D eigenvalue weighted by Crippen LogP contribution is 2.20. The van der Waals surface area contributed by atoms with Crippen molar-refractivity contribution in [3.05, 3.63) is 72.2 Å². The highest BCUT2D eigenvalue weighted by Gasteiger charge is 2.27. The fourth-order valence-corrected chi connectivity index (χ4v) is 3.12. The third kappa shape index (κ3) is 5.37. The van der Waals surface area contributed by atoms with Crippen LogP contribution in [-0.4, -0.2) is 24.4 Å². The zero-order valence-electron chi connectivity index (χ0n) is 16.4. The fourth-order valence-electron chi connectivity index (χ4n) is 3.12. The van der Waals surface area contributed by atoms with Crippen LogP contribution in [0.1, 0.15) is 36.0 Å². The Morgan fingerprint density at radius 1 is 1.00 bits per heavy atom. The summed E-state index contributed by atoms with van der Waals surface area (Å²) >= 11 is 0. The summed E-state index contributed by atoms with van der Waals surface area (Å²) in [5.41, 5.74) is 6.86. The first-order valence-electron chi connectivity index (χ1n) is 9.33. The second kappa shape index (κ2) is 10.1. The number of benzene rings is 2. The van der Waals surface area contributed by atoms with Crippen molar-refractivity contribution in [1.29, 1.82) is 0 Å². The van der Waals surface area contributed by atoms with Crippen molar-refractivity contribution in [1.82, 2.24) is 10.6 Å². The predicted octanol–water partition coefficient (Wildman–Crippen LogP) is 3.43. The number of carbonyl (C=O) groups is 2. The van der Waals surface area contributed by atoms with E-state index in [-0.39, 0.29) is 42.6 Å². The Balaban J connectivity index is 0.00000300. The molecule has 4 N–H and O–H groups in total. The van der Waals surface area contributed by atoms with Crippen LogP contribution < -0.4 is 16.4 Å². The molecule has 2 atom stereocenters. The van der Waals surface area contributed by atoms with Crippen molar-refractivity contribution in [3.63, 3.8) is 0 Å². The summed E-state index contributed by atoms with van der Waals surface area (Å²) in [6, 6.07) is 16.2. The number of nitrogens with one attached hydrogen (secondary N) is 2. The number of hydrogen-bond donors (Lipinski definition) is 3. The Hall–Kier alpha value is -2.83. The number of furan rings is 1. The van der Waals surface area contributed by atoms with Gasteiger partial charge < -0.3 is 20.8 Å². The lowest BCUT2D eigenvalue weighted by Gasteiger charge is -2.25. The first kappa shape index (κ1) is 22.5. The molecular formula is C22H26ClN3O3. The van der Waals surface area contributed by atoms with Crippen molar-refractivity contribution in [2.75, 3.05) is 6.54 Å². The van der Waals surface area contributed by atoms with Crippen molar-refractivity contribution < 1.29 is 14.0 Å². The number of halogens is 1. The maximum atomic E-state index is 12.9. The summed E-state index contributed by atoms with van der Waals surface area (Å²) in [6.45, 7) is 4.00. The van der Waals surface area contributed by atoms with E-state index in [4.69, 9.17) is 10.2 Å². The van der Waals surface area contributed by atoms with Crippen LogP contribution in [0.3, 0.4) is 0 Å². The highest BCUT2D eigenvalue weighted by molar-refractivity contribution is 5.95. The van der Waals surface area contributed by atoms with E-state index < -0.39 is 11.9 Å². The number of carbonyl (C=O) groups excluding carboxylic acids is 2. The second-order valence-corrected chi connectivity index (χ2v) is 7.08. The van der Waals surface area contributed by atoms with Gasteiger partial charge in [-0.3, -0.25) is 9.59 Å². The maximum absolute atomic E-state index is 12.9. The normalized spacial score (nSPS) is 12.8. The molecule has 0 fully saturated rings. The van der Waals surface area contributed by atoms with Crippen LogP contribution in [0.15, 0.2) is 65.3 Å². The minimum atomic E-state index is -0.702. The molecular weight excluding hydrogens is 390 g/mol. The lowest BCUT2D eigenvalue weighted by molar-refractivity contribution is -0.124. The molecule has 29 heavy (non-hydrogen) atoms. The number of hydrogen-bond acceptors (Lipinski definition) is 4. The van der Waals surface area contributed by atoms with E-state index in [0.717, 1.165) is 16.3 Å². The predicted molar refractivity (Wildman–Crippen MR) is 116 cm³/mol. The molecule has 0 aliphatic carbocycles. The first-order valence-corrected chi connectivity index (χ1v) is 9.33. The molecule has 0 saturated carbocycles. The Labute approximate surface area is 176 Å². The Kier molecular flexibility index (Phi) is 7.82. The molecule has 2 aromatic carbocycles. The summed E-state index contributed by atoms with van der Waals surface area (Å²) in [5, 5.41) is 7.92. The van der Waals surface area contributed by atoms with E-state index in [1.54, 1.807) is 12.1 Å². The van der Waals surface area contributed by atoms with Crippen molar-refractivity contribution in [2.24, 2.45) is 11.7 Å². The summed E-state index contributed by atoms with van der Waals surface area (Å²) in [7, 11) is 0. The number of fused-ring (bicyclic) bond motifs is 1. The van der Waals surface area contributed by atoms with Gasteiger partial charge in [-0.15, -0.1) is 12.4 Å². The zero-order valence-corrected chi connectivity index (χ0v) is 17.2.